The summed E-state index contributed by atoms with van der Waals surface area (Å²) < 4.78 is 5.87. The van der Waals surface area contributed by atoms with Gasteiger partial charge in [0.1, 0.15) is 5.75 Å². The zero-order valence-electron chi connectivity index (χ0n) is 10.7. The molecule has 0 radical (unpaired) electrons. The van der Waals surface area contributed by atoms with Crippen LogP contribution < -0.4 is 4.74 Å². The number of hydrogen-bond donors (Lipinski definition) is 1. The van der Waals surface area contributed by atoms with Crippen molar-refractivity contribution >= 4 is 17.6 Å². The van der Waals surface area contributed by atoms with Crippen molar-refractivity contribution in [1.29, 1.82) is 0 Å². The molecule has 0 atom stereocenters. The Labute approximate surface area is 117 Å². The second-order valence-corrected chi connectivity index (χ2v) is 6.18. The highest BCUT2D eigenvalue weighted by atomic mass is 35.5. The van der Waals surface area contributed by atoms with E-state index in [0.29, 0.717) is 10.9 Å². The molecule has 19 heavy (non-hydrogen) atoms. The number of carboxylic acid groups (broad SMARTS) is 1. The van der Waals surface area contributed by atoms with Gasteiger partial charge in [-0.1, -0.05) is 11.6 Å². The van der Waals surface area contributed by atoms with Crippen LogP contribution in [0.1, 0.15) is 37.7 Å². The molecule has 3 rings (SSSR count). The molecular weight excluding hydrogens is 264 g/mol. The highest BCUT2D eigenvalue weighted by Gasteiger charge is 2.48. The monoisotopic (exact) mass is 280 g/mol. The van der Waals surface area contributed by atoms with Gasteiger partial charge in [-0.05, 0) is 49.8 Å². The van der Waals surface area contributed by atoms with Crippen molar-refractivity contribution in [2.45, 2.75) is 37.5 Å². The summed E-state index contributed by atoms with van der Waals surface area (Å²) in [4.78, 5) is 11.0. The van der Waals surface area contributed by atoms with E-state index in [-0.39, 0.29) is 11.8 Å². The van der Waals surface area contributed by atoms with E-state index in [2.05, 4.69) is 0 Å². The average Bonchev–Trinajstić information content (AvgIpc) is 3.22. The van der Waals surface area contributed by atoms with E-state index >= 15 is 0 Å². The summed E-state index contributed by atoms with van der Waals surface area (Å²) >= 11 is 6.06. The summed E-state index contributed by atoms with van der Waals surface area (Å²) in [7, 11) is 0. The van der Waals surface area contributed by atoms with Crippen molar-refractivity contribution in [1.82, 2.24) is 0 Å². The van der Waals surface area contributed by atoms with Crippen LogP contribution in [0, 0.1) is 5.92 Å². The molecule has 4 heteroatoms. The van der Waals surface area contributed by atoms with E-state index in [0.717, 1.165) is 30.8 Å². The van der Waals surface area contributed by atoms with E-state index in [1.807, 2.05) is 18.2 Å². The average molecular weight is 281 g/mol. The lowest BCUT2D eigenvalue weighted by molar-refractivity contribution is -0.137. The van der Waals surface area contributed by atoms with Gasteiger partial charge in [-0.2, -0.15) is 0 Å². The molecule has 1 N–H and O–H groups in total. The summed E-state index contributed by atoms with van der Waals surface area (Å²) in [5, 5.41) is 9.71. The molecular formula is C15H17ClO3. The number of carboxylic acids is 1. The van der Waals surface area contributed by atoms with Crippen LogP contribution in [0.5, 0.6) is 5.75 Å². The molecule has 0 heterocycles. The Morgan fingerprint density at radius 1 is 1.42 bits per heavy atom. The molecule has 0 aliphatic heterocycles. The van der Waals surface area contributed by atoms with Crippen molar-refractivity contribution in [3.63, 3.8) is 0 Å². The minimum absolute atomic E-state index is 0.160. The zero-order chi connectivity index (χ0) is 13.5. The molecule has 0 aromatic heterocycles. The van der Waals surface area contributed by atoms with Crippen LogP contribution in [0.4, 0.5) is 0 Å². The van der Waals surface area contributed by atoms with Crippen LogP contribution in [-0.4, -0.2) is 17.7 Å². The first-order valence-electron chi connectivity index (χ1n) is 6.74. The van der Waals surface area contributed by atoms with Gasteiger partial charge in [0.05, 0.1) is 13.0 Å². The molecule has 102 valence electrons. The van der Waals surface area contributed by atoms with Crippen molar-refractivity contribution in [3.05, 3.63) is 28.8 Å². The maximum Gasteiger partial charge on any atom is 0.304 e. The maximum absolute atomic E-state index is 11.0. The third-order valence-electron chi connectivity index (χ3n) is 4.03. The van der Waals surface area contributed by atoms with Gasteiger partial charge in [0.2, 0.25) is 0 Å². The van der Waals surface area contributed by atoms with Crippen LogP contribution in [0.2, 0.25) is 5.02 Å². The molecule has 2 saturated carbocycles. The van der Waals surface area contributed by atoms with Gasteiger partial charge in [0, 0.05) is 16.0 Å². The first kappa shape index (κ1) is 12.8. The third kappa shape index (κ3) is 2.86. The Morgan fingerprint density at radius 2 is 2.16 bits per heavy atom. The third-order valence-corrected chi connectivity index (χ3v) is 4.26. The first-order chi connectivity index (χ1) is 9.09. The first-order valence-corrected chi connectivity index (χ1v) is 7.11. The quantitative estimate of drug-likeness (QED) is 0.865. The van der Waals surface area contributed by atoms with Gasteiger partial charge in [-0.25, -0.2) is 0 Å². The van der Waals surface area contributed by atoms with Crippen LogP contribution in [0.3, 0.4) is 0 Å². The molecule has 2 aliphatic carbocycles. The number of rotatable bonds is 6. The summed E-state index contributed by atoms with van der Waals surface area (Å²) in [5.41, 5.74) is 0.721. The normalized spacial score (nSPS) is 20.1. The van der Waals surface area contributed by atoms with Crippen LogP contribution >= 0.6 is 11.6 Å². The second-order valence-electron chi connectivity index (χ2n) is 5.75. The number of aliphatic carboxylic acids is 1. The van der Waals surface area contributed by atoms with Gasteiger partial charge in [0.25, 0.3) is 0 Å². The highest BCUT2D eigenvalue weighted by molar-refractivity contribution is 6.30. The molecule has 0 saturated heterocycles. The number of carbonyl (C=O) groups is 1. The topological polar surface area (TPSA) is 46.5 Å². The fraction of sp³-hybridized carbons (Fsp3) is 0.533. The van der Waals surface area contributed by atoms with Crippen molar-refractivity contribution in [3.8, 4) is 5.75 Å². The van der Waals surface area contributed by atoms with E-state index in [9.17, 15) is 4.79 Å². The van der Waals surface area contributed by atoms with Crippen molar-refractivity contribution in [2.24, 2.45) is 5.92 Å². The zero-order valence-corrected chi connectivity index (χ0v) is 11.4. The van der Waals surface area contributed by atoms with Gasteiger partial charge in [-0.3, -0.25) is 4.79 Å². The van der Waals surface area contributed by atoms with Gasteiger partial charge < -0.3 is 9.84 Å². The minimum atomic E-state index is -0.759. The lowest BCUT2D eigenvalue weighted by Gasteiger charge is -2.18. The summed E-state index contributed by atoms with van der Waals surface area (Å²) in [6, 6.07) is 5.56. The molecule has 0 amide bonds. The molecule has 1 aromatic carbocycles. The second kappa shape index (κ2) is 4.71. The lowest BCUT2D eigenvalue weighted by atomic mass is 9.91. The minimum Gasteiger partial charge on any atom is -0.493 e. The Kier molecular flexibility index (Phi) is 3.17. The predicted octanol–water partition coefficient (Wildman–Crippen LogP) is 3.64. The molecule has 0 bridgehead atoms. The maximum atomic E-state index is 11.0. The Morgan fingerprint density at radius 3 is 2.74 bits per heavy atom. The fourth-order valence-corrected chi connectivity index (χ4v) is 2.69. The van der Waals surface area contributed by atoms with Gasteiger partial charge in [-0.15, -0.1) is 0 Å². The number of hydrogen-bond acceptors (Lipinski definition) is 2. The molecule has 2 fully saturated rings. The van der Waals surface area contributed by atoms with Crippen LogP contribution in [-0.2, 0) is 10.2 Å². The van der Waals surface area contributed by atoms with E-state index < -0.39 is 5.97 Å². The van der Waals surface area contributed by atoms with Crippen molar-refractivity contribution in [2.75, 3.05) is 6.61 Å². The van der Waals surface area contributed by atoms with E-state index in [1.165, 1.54) is 12.8 Å². The lowest BCUT2D eigenvalue weighted by Crippen LogP contribution is -2.15. The fourth-order valence-electron chi connectivity index (χ4n) is 2.52. The molecule has 0 unspecified atom stereocenters. The highest BCUT2D eigenvalue weighted by Crippen LogP contribution is 2.54. The number of halogens is 1. The van der Waals surface area contributed by atoms with Crippen LogP contribution in [0.25, 0.3) is 0 Å². The van der Waals surface area contributed by atoms with Crippen LogP contribution in [0.15, 0.2) is 18.2 Å². The Bertz CT molecular complexity index is 504. The Balaban J connectivity index is 1.84. The standard InChI is InChI=1S/C15H17ClO3/c16-11-3-4-13(19-9-10-1-2-10)12(7-11)15(5-6-15)8-14(17)18/h3-4,7,10H,1-2,5-6,8-9H2,(H,17,18). The molecule has 3 nitrogen and oxygen atoms in total. The Hall–Kier alpha value is -1.22. The number of ether oxygens (including phenoxy) is 1. The molecule has 2 aliphatic rings. The van der Waals surface area contributed by atoms with E-state index in [4.69, 9.17) is 21.4 Å². The summed E-state index contributed by atoms with van der Waals surface area (Å²) in [6.45, 7) is 0.734. The summed E-state index contributed by atoms with van der Waals surface area (Å²) in [5.74, 6) is 0.735. The molecule has 1 aromatic rings. The molecule has 0 spiro atoms. The van der Waals surface area contributed by atoms with Gasteiger partial charge in [0.15, 0.2) is 0 Å². The van der Waals surface area contributed by atoms with Crippen molar-refractivity contribution < 1.29 is 14.6 Å². The predicted molar refractivity (Wildman–Crippen MR) is 72.8 cm³/mol. The van der Waals surface area contributed by atoms with Gasteiger partial charge >= 0.3 is 5.97 Å². The number of benzene rings is 1. The largest absolute Gasteiger partial charge is 0.493 e. The smallest absolute Gasteiger partial charge is 0.304 e. The summed E-state index contributed by atoms with van der Waals surface area (Å²) in [6.07, 6.45) is 4.44. The van der Waals surface area contributed by atoms with E-state index in [1.54, 1.807) is 0 Å². The SMILES string of the molecule is O=C(O)CC1(c2cc(Cl)ccc2OCC2CC2)CC1.